The van der Waals surface area contributed by atoms with E-state index in [0.29, 0.717) is 17.1 Å². The molecule has 0 spiro atoms. The molecule has 3 N–H and O–H groups in total. The maximum atomic E-state index is 11.4. The molecular weight excluding hydrogens is 370 g/mol. The lowest BCUT2D eigenvalue weighted by Crippen LogP contribution is -2.27. The number of nitrogens with one attached hydrogen (secondary N) is 2. The molecular formula is C18H20BrN3O2. The first-order chi connectivity index (χ1) is 11.2. The van der Waals surface area contributed by atoms with Crippen LogP contribution < -0.4 is 5.32 Å². The highest BCUT2D eigenvalue weighted by molar-refractivity contribution is 9.10. The van der Waals surface area contributed by atoms with Crippen molar-refractivity contribution in [2.24, 2.45) is 10.9 Å². The number of carboxylic acids is 1. The number of benzene rings is 1. The summed E-state index contributed by atoms with van der Waals surface area (Å²) in [5, 5.41) is 20.8. The fourth-order valence-electron chi connectivity index (χ4n) is 2.47. The number of carbonyl (C=O) groups is 1. The van der Waals surface area contributed by atoms with E-state index >= 15 is 0 Å². The zero-order valence-corrected chi connectivity index (χ0v) is 15.7. The Morgan fingerprint density at radius 2 is 2.04 bits per heavy atom. The molecule has 6 heteroatoms. The second-order valence-corrected chi connectivity index (χ2v) is 6.82. The van der Waals surface area contributed by atoms with Crippen molar-refractivity contribution in [3.63, 3.8) is 0 Å². The summed E-state index contributed by atoms with van der Waals surface area (Å²) in [5.74, 6) is -0.587. The number of allylic oxidation sites excluding steroid dienone is 2. The lowest BCUT2D eigenvalue weighted by molar-refractivity contribution is -0.129. The minimum atomic E-state index is -1.09. The standard InChI is InChI=1S/C18H20BrN3O2/c1-9(2)13-8-14(18(23)24)22-17(21-13)16(11(4)20)15-10(3)6-5-7-12(15)19/h5-9,20-21H,1-4H3,(H,23,24)/b17-16-,20-11?. The fourth-order valence-corrected chi connectivity index (χ4v) is 3.14. The highest BCUT2D eigenvalue weighted by atomic mass is 79.9. The molecule has 2 rings (SSSR count). The molecule has 24 heavy (non-hydrogen) atoms. The average molecular weight is 390 g/mol. The second kappa shape index (κ2) is 7.13. The van der Waals surface area contributed by atoms with E-state index in [-0.39, 0.29) is 11.6 Å². The number of nitrogens with zero attached hydrogens (tertiary/aromatic N) is 1. The molecule has 0 unspecified atom stereocenters. The lowest BCUT2D eigenvalue weighted by atomic mass is 9.96. The van der Waals surface area contributed by atoms with E-state index in [1.165, 1.54) is 0 Å². The maximum Gasteiger partial charge on any atom is 0.354 e. The summed E-state index contributed by atoms with van der Waals surface area (Å²) >= 11 is 3.53. The van der Waals surface area contributed by atoms with Crippen molar-refractivity contribution in [2.75, 3.05) is 0 Å². The second-order valence-electron chi connectivity index (χ2n) is 5.96. The predicted octanol–water partition coefficient (Wildman–Crippen LogP) is 4.13. The molecule has 126 valence electrons. The Morgan fingerprint density at radius 3 is 2.54 bits per heavy atom. The molecule has 0 aromatic heterocycles. The van der Waals surface area contributed by atoms with Crippen LogP contribution >= 0.6 is 15.9 Å². The molecule has 0 fully saturated rings. The number of rotatable bonds is 4. The van der Waals surface area contributed by atoms with Gasteiger partial charge in [-0.3, -0.25) is 0 Å². The first-order valence-corrected chi connectivity index (χ1v) is 8.37. The van der Waals surface area contributed by atoms with E-state index in [4.69, 9.17) is 5.41 Å². The van der Waals surface area contributed by atoms with Crippen LogP contribution in [0.15, 0.2) is 45.3 Å². The van der Waals surface area contributed by atoms with E-state index in [1.54, 1.807) is 13.0 Å². The van der Waals surface area contributed by atoms with E-state index in [2.05, 4.69) is 26.2 Å². The molecule has 0 saturated heterocycles. The molecule has 0 radical (unpaired) electrons. The smallest absolute Gasteiger partial charge is 0.354 e. The van der Waals surface area contributed by atoms with Crippen LogP contribution in [0.2, 0.25) is 0 Å². The van der Waals surface area contributed by atoms with Gasteiger partial charge in [0.2, 0.25) is 0 Å². The van der Waals surface area contributed by atoms with E-state index in [9.17, 15) is 9.90 Å². The highest BCUT2D eigenvalue weighted by Crippen LogP contribution is 2.32. The van der Waals surface area contributed by atoms with Gasteiger partial charge in [0.25, 0.3) is 0 Å². The van der Waals surface area contributed by atoms with E-state index < -0.39 is 5.97 Å². The van der Waals surface area contributed by atoms with Crippen LogP contribution in [-0.2, 0) is 4.79 Å². The van der Waals surface area contributed by atoms with Gasteiger partial charge in [0.1, 0.15) is 5.82 Å². The third kappa shape index (κ3) is 3.64. The summed E-state index contributed by atoms with van der Waals surface area (Å²) in [7, 11) is 0. The van der Waals surface area contributed by atoms with Crippen LogP contribution in [0.4, 0.5) is 0 Å². The van der Waals surface area contributed by atoms with E-state index in [1.807, 2.05) is 39.0 Å². The summed E-state index contributed by atoms with van der Waals surface area (Å²) in [6.07, 6.45) is 1.54. The molecule has 5 nitrogen and oxygen atoms in total. The van der Waals surface area contributed by atoms with Gasteiger partial charge >= 0.3 is 5.97 Å². The third-order valence-corrected chi connectivity index (χ3v) is 4.37. The summed E-state index contributed by atoms with van der Waals surface area (Å²) in [5.41, 5.74) is 3.45. The van der Waals surface area contributed by atoms with Gasteiger partial charge in [-0.05, 0) is 37.5 Å². The minimum Gasteiger partial charge on any atom is -0.477 e. The molecule has 1 aromatic carbocycles. The minimum absolute atomic E-state index is 0.0316. The SMILES string of the molecule is CC(=N)/C(=C1/N=C(C(=O)O)C=C(C(C)C)N1)c1c(C)cccc1Br. The normalized spacial score (nSPS) is 16.2. The number of halogens is 1. The molecule has 0 saturated carbocycles. The summed E-state index contributed by atoms with van der Waals surface area (Å²) in [4.78, 5) is 15.7. The Morgan fingerprint density at radius 1 is 1.38 bits per heavy atom. The predicted molar refractivity (Wildman–Crippen MR) is 100 cm³/mol. The molecule has 1 heterocycles. The molecule has 1 aliphatic rings. The van der Waals surface area contributed by atoms with Crippen molar-refractivity contribution in [1.82, 2.24) is 5.32 Å². The first-order valence-electron chi connectivity index (χ1n) is 7.58. The summed E-state index contributed by atoms with van der Waals surface area (Å²) < 4.78 is 0.839. The van der Waals surface area contributed by atoms with Crippen LogP contribution in [0.25, 0.3) is 5.57 Å². The van der Waals surface area contributed by atoms with E-state index in [0.717, 1.165) is 21.3 Å². The van der Waals surface area contributed by atoms with Gasteiger partial charge < -0.3 is 15.8 Å². The first kappa shape index (κ1) is 18.1. The van der Waals surface area contributed by atoms with Gasteiger partial charge in [0.15, 0.2) is 5.71 Å². The number of hydrogen-bond acceptors (Lipinski definition) is 4. The van der Waals surface area contributed by atoms with Crippen LogP contribution in [0.3, 0.4) is 0 Å². The molecule has 0 aliphatic carbocycles. The summed E-state index contributed by atoms with van der Waals surface area (Å²) in [6, 6.07) is 5.77. The lowest BCUT2D eigenvalue weighted by Gasteiger charge is -2.23. The van der Waals surface area contributed by atoms with Gasteiger partial charge in [-0.2, -0.15) is 0 Å². The van der Waals surface area contributed by atoms with Gasteiger partial charge in [0, 0.05) is 27.0 Å². The van der Waals surface area contributed by atoms with Crippen molar-refractivity contribution >= 4 is 38.9 Å². The van der Waals surface area contributed by atoms with Gasteiger partial charge in [0.05, 0.1) is 0 Å². The molecule has 0 bridgehead atoms. The summed E-state index contributed by atoms with van der Waals surface area (Å²) in [6.45, 7) is 7.57. The Bertz CT molecular complexity index is 784. The molecule has 1 aliphatic heterocycles. The van der Waals surface area contributed by atoms with Gasteiger partial charge in [-0.1, -0.05) is 41.9 Å². The van der Waals surface area contributed by atoms with Crippen molar-refractivity contribution in [3.8, 4) is 0 Å². The van der Waals surface area contributed by atoms with Crippen LogP contribution in [0.1, 0.15) is 31.9 Å². The molecule has 0 atom stereocenters. The van der Waals surface area contributed by atoms with Crippen LogP contribution in [0, 0.1) is 18.3 Å². The number of aryl methyl sites for hydroxylation is 1. The fraction of sp³-hybridized carbons (Fsp3) is 0.278. The van der Waals surface area contributed by atoms with Crippen molar-refractivity contribution in [1.29, 1.82) is 5.41 Å². The number of aliphatic carboxylic acids is 1. The van der Waals surface area contributed by atoms with Crippen molar-refractivity contribution < 1.29 is 9.90 Å². The maximum absolute atomic E-state index is 11.4. The van der Waals surface area contributed by atoms with Gasteiger partial charge in [-0.15, -0.1) is 0 Å². The van der Waals surface area contributed by atoms with Crippen molar-refractivity contribution in [3.05, 3.63) is 51.4 Å². The Hall–Kier alpha value is -2.21. The zero-order chi connectivity index (χ0) is 18.0. The quantitative estimate of drug-likeness (QED) is 0.676. The Kier molecular flexibility index (Phi) is 5.39. The monoisotopic (exact) mass is 389 g/mol. The van der Waals surface area contributed by atoms with Gasteiger partial charge in [-0.25, -0.2) is 9.79 Å². The average Bonchev–Trinajstić information content (AvgIpc) is 2.50. The highest BCUT2D eigenvalue weighted by Gasteiger charge is 2.23. The Balaban J connectivity index is 2.75. The van der Waals surface area contributed by atoms with Crippen molar-refractivity contribution in [2.45, 2.75) is 27.7 Å². The van der Waals surface area contributed by atoms with Crippen LogP contribution in [0.5, 0.6) is 0 Å². The number of hydrogen-bond donors (Lipinski definition) is 3. The largest absolute Gasteiger partial charge is 0.477 e. The van der Waals surface area contributed by atoms with Crippen LogP contribution in [-0.4, -0.2) is 22.5 Å². The number of carboxylic acid groups (broad SMARTS) is 1. The molecule has 0 amide bonds. The molecule has 1 aromatic rings. The third-order valence-electron chi connectivity index (χ3n) is 3.71. The number of aliphatic imine (C=N–C) groups is 1. The topological polar surface area (TPSA) is 85.5 Å². The zero-order valence-electron chi connectivity index (χ0n) is 14.1. The Labute approximate surface area is 149 Å².